The van der Waals surface area contributed by atoms with Gasteiger partial charge >= 0.3 is 0 Å². The Kier molecular flexibility index (Phi) is 5.74. The molecule has 0 saturated heterocycles. The molecule has 0 spiro atoms. The molecular formula is C22H19F2NO. The minimum atomic E-state index is -0.856. The van der Waals surface area contributed by atoms with Crippen LogP contribution in [0.5, 0.6) is 0 Å². The molecule has 0 aliphatic carbocycles. The first-order chi connectivity index (χ1) is 12.7. The first-order valence-electron chi connectivity index (χ1n) is 8.49. The Hall–Kier alpha value is -3.01. The Morgan fingerprint density at radius 3 is 1.77 bits per heavy atom. The van der Waals surface area contributed by atoms with E-state index in [1.165, 1.54) is 6.07 Å². The Bertz CT molecular complexity index is 806. The smallest absolute Gasteiger partial charge is 0.257 e. The maximum atomic E-state index is 13.7. The van der Waals surface area contributed by atoms with Crippen LogP contribution in [0.2, 0.25) is 0 Å². The number of rotatable bonds is 6. The number of halogens is 2. The largest absolute Gasteiger partial charge is 0.352 e. The van der Waals surface area contributed by atoms with Gasteiger partial charge < -0.3 is 5.32 Å². The van der Waals surface area contributed by atoms with Crippen molar-refractivity contribution in [1.82, 2.24) is 5.32 Å². The molecule has 0 fully saturated rings. The Morgan fingerprint density at radius 2 is 1.27 bits per heavy atom. The fraction of sp³-hybridized carbons (Fsp3) is 0.136. The van der Waals surface area contributed by atoms with Gasteiger partial charge in [0.05, 0.1) is 0 Å². The third-order valence-electron chi connectivity index (χ3n) is 4.31. The standard InChI is InChI=1S/C22H19F2NO/c23-19-12-7-13-20(24)21(19)22(26)25-15-14-18(16-8-3-1-4-9-16)17-10-5-2-6-11-17/h1-13,18H,14-15H2,(H,25,26). The predicted octanol–water partition coefficient (Wildman–Crippen LogP) is 4.92. The van der Waals surface area contributed by atoms with Crippen LogP contribution in [0.1, 0.15) is 33.8 Å². The molecule has 2 nitrogen and oxygen atoms in total. The van der Waals surface area contributed by atoms with Crippen molar-refractivity contribution in [2.75, 3.05) is 6.54 Å². The van der Waals surface area contributed by atoms with Crippen molar-refractivity contribution in [2.24, 2.45) is 0 Å². The van der Waals surface area contributed by atoms with Crippen molar-refractivity contribution in [3.63, 3.8) is 0 Å². The maximum absolute atomic E-state index is 13.7. The monoisotopic (exact) mass is 351 g/mol. The highest BCUT2D eigenvalue weighted by Gasteiger charge is 2.18. The molecule has 3 aromatic rings. The van der Waals surface area contributed by atoms with Crippen LogP contribution in [0, 0.1) is 11.6 Å². The second kappa shape index (κ2) is 8.39. The zero-order valence-corrected chi connectivity index (χ0v) is 14.2. The van der Waals surface area contributed by atoms with Gasteiger partial charge in [-0.3, -0.25) is 4.79 Å². The molecule has 0 aliphatic rings. The van der Waals surface area contributed by atoms with E-state index < -0.39 is 23.1 Å². The summed E-state index contributed by atoms with van der Waals surface area (Å²) in [4.78, 5) is 12.1. The van der Waals surface area contributed by atoms with Crippen LogP contribution in [0.15, 0.2) is 78.9 Å². The van der Waals surface area contributed by atoms with Crippen LogP contribution < -0.4 is 5.32 Å². The van der Waals surface area contributed by atoms with Crippen LogP contribution in [0.4, 0.5) is 8.78 Å². The molecule has 0 radical (unpaired) electrons. The maximum Gasteiger partial charge on any atom is 0.257 e. The Balaban J connectivity index is 1.72. The molecule has 0 bridgehead atoms. The zero-order chi connectivity index (χ0) is 18.4. The van der Waals surface area contributed by atoms with Gasteiger partial charge in [0.25, 0.3) is 5.91 Å². The highest BCUT2D eigenvalue weighted by atomic mass is 19.1. The number of hydrogen-bond donors (Lipinski definition) is 1. The van der Waals surface area contributed by atoms with Crippen LogP contribution in [0.25, 0.3) is 0 Å². The molecule has 4 heteroatoms. The second-order valence-corrected chi connectivity index (χ2v) is 6.02. The lowest BCUT2D eigenvalue weighted by atomic mass is 9.88. The normalized spacial score (nSPS) is 10.7. The third kappa shape index (κ3) is 4.14. The van der Waals surface area contributed by atoms with Crippen molar-refractivity contribution in [2.45, 2.75) is 12.3 Å². The number of benzene rings is 3. The molecule has 132 valence electrons. The van der Waals surface area contributed by atoms with Gasteiger partial charge in [0.15, 0.2) is 0 Å². The van der Waals surface area contributed by atoms with E-state index in [9.17, 15) is 13.6 Å². The number of carbonyl (C=O) groups is 1. The van der Waals surface area contributed by atoms with E-state index >= 15 is 0 Å². The van der Waals surface area contributed by atoms with Gasteiger partial charge in [0, 0.05) is 12.5 Å². The lowest BCUT2D eigenvalue weighted by molar-refractivity contribution is 0.0944. The summed E-state index contributed by atoms with van der Waals surface area (Å²) in [5, 5.41) is 2.63. The van der Waals surface area contributed by atoms with Crippen LogP contribution in [-0.2, 0) is 0 Å². The topological polar surface area (TPSA) is 29.1 Å². The van der Waals surface area contributed by atoms with E-state index in [4.69, 9.17) is 0 Å². The van der Waals surface area contributed by atoms with Crippen molar-refractivity contribution in [3.05, 3.63) is 107 Å². The molecule has 3 rings (SSSR count). The quantitative estimate of drug-likeness (QED) is 0.671. The summed E-state index contributed by atoms with van der Waals surface area (Å²) < 4.78 is 27.4. The molecule has 0 atom stereocenters. The molecule has 26 heavy (non-hydrogen) atoms. The van der Waals surface area contributed by atoms with E-state index in [1.807, 2.05) is 60.7 Å². The number of nitrogens with one attached hydrogen (secondary N) is 1. The molecule has 0 unspecified atom stereocenters. The van der Waals surface area contributed by atoms with Gasteiger partial charge in [-0.2, -0.15) is 0 Å². The Labute approximate surface area is 151 Å². The highest BCUT2D eigenvalue weighted by molar-refractivity contribution is 5.94. The first-order valence-corrected chi connectivity index (χ1v) is 8.49. The van der Waals surface area contributed by atoms with E-state index in [1.54, 1.807) is 0 Å². The molecule has 1 N–H and O–H groups in total. The third-order valence-corrected chi connectivity index (χ3v) is 4.31. The summed E-state index contributed by atoms with van der Waals surface area (Å²) in [6, 6.07) is 23.3. The van der Waals surface area contributed by atoms with Gasteiger partial charge in [-0.1, -0.05) is 66.7 Å². The lowest BCUT2D eigenvalue weighted by Crippen LogP contribution is -2.27. The minimum Gasteiger partial charge on any atom is -0.352 e. The molecule has 0 aromatic heterocycles. The van der Waals surface area contributed by atoms with Gasteiger partial charge in [0.2, 0.25) is 0 Å². The van der Waals surface area contributed by atoms with E-state index in [0.29, 0.717) is 13.0 Å². The van der Waals surface area contributed by atoms with Crippen LogP contribution >= 0.6 is 0 Å². The second-order valence-electron chi connectivity index (χ2n) is 6.02. The van der Waals surface area contributed by atoms with Crippen LogP contribution in [-0.4, -0.2) is 12.5 Å². The van der Waals surface area contributed by atoms with E-state index in [2.05, 4.69) is 5.32 Å². The van der Waals surface area contributed by atoms with Crippen molar-refractivity contribution >= 4 is 5.91 Å². The van der Waals surface area contributed by atoms with Gasteiger partial charge in [-0.25, -0.2) is 8.78 Å². The van der Waals surface area contributed by atoms with Gasteiger partial charge in [-0.15, -0.1) is 0 Å². The highest BCUT2D eigenvalue weighted by Crippen LogP contribution is 2.27. The van der Waals surface area contributed by atoms with E-state index in [-0.39, 0.29) is 5.92 Å². The van der Waals surface area contributed by atoms with Crippen LogP contribution in [0.3, 0.4) is 0 Å². The summed E-state index contributed by atoms with van der Waals surface area (Å²) >= 11 is 0. The number of hydrogen-bond acceptors (Lipinski definition) is 1. The van der Waals surface area contributed by atoms with E-state index in [0.717, 1.165) is 23.3 Å². The fourth-order valence-corrected chi connectivity index (χ4v) is 3.03. The van der Waals surface area contributed by atoms with Crippen molar-refractivity contribution in [1.29, 1.82) is 0 Å². The SMILES string of the molecule is O=C(NCCC(c1ccccc1)c1ccccc1)c1c(F)cccc1F. The summed E-state index contributed by atoms with van der Waals surface area (Å²) in [5.41, 5.74) is 1.72. The Morgan fingerprint density at radius 1 is 0.769 bits per heavy atom. The average Bonchev–Trinajstić information content (AvgIpc) is 2.66. The lowest BCUT2D eigenvalue weighted by Gasteiger charge is -2.18. The zero-order valence-electron chi connectivity index (χ0n) is 14.2. The van der Waals surface area contributed by atoms with Crippen molar-refractivity contribution in [3.8, 4) is 0 Å². The molecule has 1 amide bonds. The molecule has 0 saturated carbocycles. The van der Waals surface area contributed by atoms with Crippen molar-refractivity contribution < 1.29 is 13.6 Å². The predicted molar refractivity (Wildman–Crippen MR) is 98.0 cm³/mol. The number of carbonyl (C=O) groups excluding carboxylic acids is 1. The van der Waals surface area contributed by atoms with Gasteiger partial charge in [0.1, 0.15) is 17.2 Å². The average molecular weight is 351 g/mol. The molecular weight excluding hydrogens is 332 g/mol. The summed E-state index contributed by atoms with van der Waals surface area (Å²) in [5.74, 6) is -2.36. The van der Waals surface area contributed by atoms with Gasteiger partial charge in [-0.05, 0) is 29.7 Å². The molecule has 0 heterocycles. The summed E-state index contributed by atoms with van der Waals surface area (Å²) in [6.45, 7) is 0.307. The summed E-state index contributed by atoms with van der Waals surface area (Å²) in [7, 11) is 0. The number of amides is 1. The summed E-state index contributed by atoms with van der Waals surface area (Å²) in [6.07, 6.45) is 0.621. The molecule has 3 aromatic carbocycles. The fourth-order valence-electron chi connectivity index (χ4n) is 3.03. The minimum absolute atomic E-state index is 0.0863. The molecule has 0 aliphatic heterocycles. The first kappa shape index (κ1) is 17.8.